The average Bonchev–Trinajstić information content (AvgIpc) is 3.42. The van der Waals surface area contributed by atoms with E-state index in [2.05, 4.69) is 10.4 Å². The summed E-state index contributed by atoms with van der Waals surface area (Å²) in [6.07, 6.45) is 3.70. The molecule has 3 N–H and O–H groups in total. The van der Waals surface area contributed by atoms with Gasteiger partial charge in [-0.15, -0.1) is 11.3 Å². The molecule has 3 heterocycles. The molecule has 8 heteroatoms. The van der Waals surface area contributed by atoms with Gasteiger partial charge in [0.1, 0.15) is 0 Å². The van der Waals surface area contributed by atoms with Gasteiger partial charge in [0, 0.05) is 30.9 Å². The summed E-state index contributed by atoms with van der Waals surface area (Å²) in [7, 11) is 1.87. The van der Waals surface area contributed by atoms with Gasteiger partial charge in [-0.1, -0.05) is 23.7 Å². The number of nitrogens with two attached hydrogens (primary N) is 1. The number of benzene rings is 1. The number of thiophene rings is 1. The van der Waals surface area contributed by atoms with Crippen LogP contribution in [-0.4, -0.2) is 20.7 Å². The summed E-state index contributed by atoms with van der Waals surface area (Å²) in [4.78, 5) is 18.8. The Kier molecular flexibility index (Phi) is 6.41. The number of halogens is 1. The Morgan fingerprint density at radius 1 is 1.22 bits per heavy atom. The molecule has 0 aliphatic rings. The SMILES string of the molecule is Cc1ccc(CN)cc1C(=O)NC(C)c1cc(-c2cnn(C)c2)nc(-c2ccc(Cl)s2)c1. The molecule has 4 rings (SSSR count). The van der Waals surface area contributed by atoms with Crippen molar-refractivity contribution in [3.8, 4) is 21.8 Å². The van der Waals surface area contributed by atoms with Gasteiger partial charge >= 0.3 is 0 Å². The summed E-state index contributed by atoms with van der Waals surface area (Å²) in [5.74, 6) is -0.134. The second kappa shape index (κ2) is 9.24. The molecule has 4 aromatic rings. The van der Waals surface area contributed by atoms with Crippen LogP contribution in [0.5, 0.6) is 0 Å². The van der Waals surface area contributed by atoms with Crippen molar-refractivity contribution in [3.63, 3.8) is 0 Å². The Hall–Kier alpha value is -3.00. The molecule has 1 amide bonds. The van der Waals surface area contributed by atoms with Crippen molar-refractivity contribution in [2.24, 2.45) is 12.8 Å². The molecule has 164 valence electrons. The average molecular weight is 466 g/mol. The molecule has 3 aromatic heterocycles. The summed E-state index contributed by atoms with van der Waals surface area (Å²) >= 11 is 7.63. The summed E-state index contributed by atoms with van der Waals surface area (Å²) < 4.78 is 2.44. The zero-order valence-corrected chi connectivity index (χ0v) is 19.7. The fourth-order valence-electron chi connectivity index (χ4n) is 3.48. The highest BCUT2D eigenvalue weighted by Gasteiger charge is 2.17. The first-order valence-electron chi connectivity index (χ1n) is 10.2. The van der Waals surface area contributed by atoms with Crippen LogP contribution < -0.4 is 11.1 Å². The lowest BCUT2D eigenvalue weighted by molar-refractivity contribution is 0.0939. The number of rotatable bonds is 6. The summed E-state index contributed by atoms with van der Waals surface area (Å²) in [6, 6.07) is 13.3. The molecule has 0 aliphatic heterocycles. The second-order valence-corrected chi connectivity index (χ2v) is 9.44. The molecule has 1 atom stereocenters. The smallest absolute Gasteiger partial charge is 0.252 e. The van der Waals surface area contributed by atoms with Crippen molar-refractivity contribution in [2.45, 2.75) is 26.4 Å². The lowest BCUT2D eigenvalue weighted by Gasteiger charge is -2.17. The van der Waals surface area contributed by atoms with Crippen LogP contribution in [0.15, 0.2) is 54.9 Å². The van der Waals surface area contributed by atoms with E-state index in [0.29, 0.717) is 16.4 Å². The molecule has 6 nitrogen and oxygen atoms in total. The van der Waals surface area contributed by atoms with Gasteiger partial charge in [0.05, 0.1) is 32.8 Å². The van der Waals surface area contributed by atoms with E-state index in [9.17, 15) is 4.79 Å². The van der Waals surface area contributed by atoms with E-state index in [4.69, 9.17) is 22.3 Å². The predicted molar refractivity (Wildman–Crippen MR) is 130 cm³/mol. The van der Waals surface area contributed by atoms with Crippen LogP contribution in [0.25, 0.3) is 21.8 Å². The molecular formula is C24H24ClN5OS. The van der Waals surface area contributed by atoms with Crippen molar-refractivity contribution >= 4 is 28.8 Å². The zero-order valence-electron chi connectivity index (χ0n) is 18.1. The fraction of sp³-hybridized carbons (Fsp3) is 0.208. The maximum absolute atomic E-state index is 13.0. The zero-order chi connectivity index (χ0) is 22.8. The molecule has 1 unspecified atom stereocenters. The standard InChI is InChI=1S/C24H24ClN5OS/c1-14-4-5-16(11-26)8-19(14)24(31)28-15(2)17-9-20(18-12-27-30(3)13-18)29-21(10-17)22-6-7-23(25)32-22/h4-10,12-13,15H,11,26H2,1-3H3,(H,28,31). The molecule has 0 radical (unpaired) electrons. The van der Waals surface area contributed by atoms with Gasteiger partial charge in [0.2, 0.25) is 0 Å². The number of aryl methyl sites for hydroxylation is 2. The molecule has 0 saturated heterocycles. The lowest BCUT2D eigenvalue weighted by atomic mass is 10.0. The van der Waals surface area contributed by atoms with Crippen LogP contribution in [-0.2, 0) is 13.6 Å². The third kappa shape index (κ3) is 4.75. The van der Waals surface area contributed by atoms with Crippen molar-refractivity contribution < 1.29 is 4.79 Å². The largest absolute Gasteiger partial charge is 0.346 e. The van der Waals surface area contributed by atoms with Gasteiger partial charge in [-0.25, -0.2) is 4.98 Å². The van der Waals surface area contributed by atoms with Crippen LogP contribution in [0.1, 0.15) is 40.0 Å². The number of carbonyl (C=O) groups excluding carboxylic acids is 1. The first kappa shape index (κ1) is 22.2. The number of amides is 1. The predicted octanol–water partition coefficient (Wildman–Crippen LogP) is 5.12. The molecule has 0 aliphatic carbocycles. The van der Waals surface area contributed by atoms with Gasteiger partial charge in [0.15, 0.2) is 0 Å². The number of hydrogen-bond acceptors (Lipinski definition) is 5. The summed E-state index contributed by atoms with van der Waals surface area (Å²) in [5, 5.41) is 7.39. The number of aromatic nitrogens is 3. The minimum atomic E-state index is -0.240. The van der Waals surface area contributed by atoms with Crippen molar-refractivity contribution in [2.75, 3.05) is 0 Å². The number of nitrogens with one attached hydrogen (secondary N) is 1. The van der Waals surface area contributed by atoms with Gasteiger partial charge in [0.25, 0.3) is 5.91 Å². The Balaban J connectivity index is 1.69. The van der Waals surface area contributed by atoms with E-state index >= 15 is 0 Å². The second-order valence-electron chi connectivity index (χ2n) is 7.73. The minimum Gasteiger partial charge on any atom is -0.346 e. The molecule has 0 fully saturated rings. The van der Waals surface area contributed by atoms with E-state index in [-0.39, 0.29) is 11.9 Å². The first-order chi connectivity index (χ1) is 15.3. The molecular weight excluding hydrogens is 442 g/mol. The van der Waals surface area contributed by atoms with Crippen LogP contribution in [0.2, 0.25) is 4.34 Å². The lowest BCUT2D eigenvalue weighted by Crippen LogP contribution is -2.27. The summed E-state index contributed by atoms with van der Waals surface area (Å²) in [5.41, 5.74) is 11.7. The molecule has 0 bridgehead atoms. The highest BCUT2D eigenvalue weighted by molar-refractivity contribution is 7.19. The van der Waals surface area contributed by atoms with Gasteiger partial charge in [-0.3, -0.25) is 9.48 Å². The van der Waals surface area contributed by atoms with E-state index < -0.39 is 0 Å². The van der Waals surface area contributed by atoms with Crippen LogP contribution >= 0.6 is 22.9 Å². The third-order valence-electron chi connectivity index (χ3n) is 5.30. The van der Waals surface area contributed by atoms with Crippen molar-refractivity contribution in [3.05, 3.63) is 81.4 Å². The Bertz CT molecular complexity index is 1220. The van der Waals surface area contributed by atoms with Crippen LogP contribution in [0.3, 0.4) is 0 Å². The maximum Gasteiger partial charge on any atom is 0.252 e. The quantitative estimate of drug-likeness (QED) is 0.413. The summed E-state index contributed by atoms with van der Waals surface area (Å²) in [6.45, 7) is 4.28. The van der Waals surface area contributed by atoms with Gasteiger partial charge < -0.3 is 11.1 Å². The van der Waals surface area contributed by atoms with E-state index in [1.807, 2.05) is 69.6 Å². The highest BCUT2D eigenvalue weighted by atomic mass is 35.5. The van der Waals surface area contributed by atoms with Gasteiger partial charge in [-0.05, 0) is 60.9 Å². The van der Waals surface area contributed by atoms with E-state index in [1.54, 1.807) is 10.9 Å². The van der Waals surface area contributed by atoms with Crippen LogP contribution in [0, 0.1) is 6.92 Å². The maximum atomic E-state index is 13.0. The van der Waals surface area contributed by atoms with E-state index in [0.717, 1.165) is 38.5 Å². The monoisotopic (exact) mass is 465 g/mol. The Labute approximate surface area is 196 Å². The molecule has 32 heavy (non-hydrogen) atoms. The molecule has 0 spiro atoms. The highest BCUT2D eigenvalue weighted by Crippen LogP contribution is 2.33. The molecule has 0 saturated carbocycles. The van der Waals surface area contributed by atoms with Crippen molar-refractivity contribution in [1.82, 2.24) is 20.1 Å². The first-order valence-corrected chi connectivity index (χ1v) is 11.4. The molecule has 1 aromatic carbocycles. The topological polar surface area (TPSA) is 85.8 Å². The normalized spacial score (nSPS) is 12.0. The number of hydrogen-bond donors (Lipinski definition) is 2. The van der Waals surface area contributed by atoms with Crippen LogP contribution in [0.4, 0.5) is 0 Å². The van der Waals surface area contributed by atoms with Crippen molar-refractivity contribution in [1.29, 1.82) is 0 Å². The number of nitrogens with zero attached hydrogens (tertiary/aromatic N) is 3. The third-order valence-corrected chi connectivity index (χ3v) is 6.56. The fourth-order valence-corrected chi connectivity index (χ4v) is 4.48. The minimum absolute atomic E-state index is 0.134. The Morgan fingerprint density at radius 3 is 2.66 bits per heavy atom. The van der Waals surface area contributed by atoms with E-state index in [1.165, 1.54) is 11.3 Å². The number of pyridine rings is 1. The van der Waals surface area contributed by atoms with Gasteiger partial charge in [-0.2, -0.15) is 5.10 Å². The Morgan fingerprint density at radius 2 is 2.00 bits per heavy atom. The number of carbonyl (C=O) groups is 1.